The van der Waals surface area contributed by atoms with E-state index in [9.17, 15) is 4.79 Å². The van der Waals surface area contributed by atoms with Gasteiger partial charge in [0.25, 0.3) is 5.91 Å². The lowest BCUT2D eigenvalue weighted by atomic mass is 10.1. The standard InChI is InChI=1S/C16H18N2O3/c1-10-5-4-6-11(7-10)18-16(19)12-8-14(20-2)15(21-3)9-13(12)17/h4-9H,17H2,1-3H3,(H,18,19). The number of nitrogen functional groups attached to an aromatic ring is 1. The molecule has 2 aromatic rings. The first-order chi connectivity index (χ1) is 10.0. The highest BCUT2D eigenvalue weighted by molar-refractivity contribution is 6.08. The zero-order chi connectivity index (χ0) is 15.4. The molecule has 0 saturated heterocycles. The van der Waals surface area contributed by atoms with Crippen molar-refractivity contribution in [1.29, 1.82) is 0 Å². The van der Waals surface area contributed by atoms with Gasteiger partial charge in [0, 0.05) is 17.4 Å². The third-order valence-electron chi connectivity index (χ3n) is 3.08. The summed E-state index contributed by atoms with van der Waals surface area (Å²) in [6.45, 7) is 1.96. The monoisotopic (exact) mass is 286 g/mol. The average Bonchev–Trinajstić information content (AvgIpc) is 2.46. The van der Waals surface area contributed by atoms with Gasteiger partial charge < -0.3 is 20.5 Å². The number of carbonyl (C=O) groups is 1. The topological polar surface area (TPSA) is 73.6 Å². The summed E-state index contributed by atoms with van der Waals surface area (Å²) < 4.78 is 10.3. The molecule has 0 fully saturated rings. The Bertz CT molecular complexity index is 669. The van der Waals surface area contributed by atoms with E-state index < -0.39 is 0 Å². The molecule has 0 heterocycles. The molecule has 2 rings (SSSR count). The van der Waals surface area contributed by atoms with Crippen molar-refractivity contribution in [3.63, 3.8) is 0 Å². The van der Waals surface area contributed by atoms with Gasteiger partial charge in [0.2, 0.25) is 0 Å². The first-order valence-corrected chi connectivity index (χ1v) is 6.44. The maximum Gasteiger partial charge on any atom is 0.257 e. The van der Waals surface area contributed by atoms with Gasteiger partial charge in [-0.25, -0.2) is 0 Å². The lowest BCUT2D eigenvalue weighted by molar-refractivity contribution is 0.102. The molecule has 0 radical (unpaired) electrons. The van der Waals surface area contributed by atoms with E-state index in [1.54, 1.807) is 12.1 Å². The van der Waals surface area contributed by atoms with Gasteiger partial charge in [-0.3, -0.25) is 4.79 Å². The highest BCUT2D eigenvalue weighted by Gasteiger charge is 2.15. The normalized spacial score (nSPS) is 10.0. The number of nitrogens with one attached hydrogen (secondary N) is 1. The van der Waals surface area contributed by atoms with Crippen molar-refractivity contribution in [1.82, 2.24) is 0 Å². The molecule has 0 aliphatic heterocycles. The van der Waals surface area contributed by atoms with Crippen LogP contribution in [0.15, 0.2) is 36.4 Å². The maximum absolute atomic E-state index is 12.3. The predicted octanol–water partition coefficient (Wildman–Crippen LogP) is 2.85. The van der Waals surface area contributed by atoms with E-state index in [2.05, 4.69) is 5.32 Å². The van der Waals surface area contributed by atoms with E-state index in [4.69, 9.17) is 15.2 Å². The number of carbonyl (C=O) groups excluding carboxylic acids is 1. The molecule has 110 valence electrons. The van der Waals surface area contributed by atoms with E-state index >= 15 is 0 Å². The Kier molecular flexibility index (Phi) is 4.33. The lowest BCUT2D eigenvalue weighted by Gasteiger charge is -2.12. The number of rotatable bonds is 4. The molecule has 21 heavy (non-hydrogen) atoms. The number of amides is 1. The van der Waals surface area contributed by atoms with Crippen molar-refractivity contribution < 1.29 is 14.3 Å². The summed E-state index contributed by atoms with van der Waals surface area (Å²) in [6.07, 6.45) is 0. The molecular formula is C16H18N2O3. The number of anilines is 2. The SMILES string of the molecule is COc1cc(N)c(C(=O)Nc2cccc(C)c2)cc1OC. The minimum atomic E-state index is -0.293. The number of nitrogens with two attached hydrogens (primary N) is 1. The quantitative estimate of drug-likeness (QED) is 0.848. The van der Waals surface area contributed by atoms with Gasteiger partial charge >= 0.3 is 0 Å². The second-order valence-electron chi connectivity index (χ2n) is 4.62. The Morgan fingerprint density at radius 2 is 1.76 bits per heavy atom. The Labute approximate surface area is 123 Å². The fourth-order valence-electron chi connectivity index (χ4n) is 2.01. The molecule has 3 N–H and O–H groups in total. The fourth-order valence-corrected chi connectivity index (χ4v) is 2.01. The van der Waals surface area contributed by atoms with Crippen molar-refractivity contribution in [3.05, 3.63) is 47.5 Å². The van der Waals surface area contributed by atoms with Gasteiger partial charge in [0.1, 0.15) is 0 Å². The van der Waals surface area contributed by atoms with Crippen LogP contribution in [0.5, 0.6) is 11.5 Å². The number of hydrogen-bond acceptors (Lipinski definition) is 4. The second-order valence-corrected chi connectivity index (χ2v) is 4.62. The van der Waals surface area contributed by atoms with Crippen LogP contribution in [0, 0.1) is 6.92 Å². The third-order valence-corrected chi connectivity index (χ3v) is 3.08. The summed E-state index contributed by atoms with van der Waals surface area (Å²) in [5, 5.41) is 2.81. The Hall–Kier alpha value is -2.69. The maximum atomic E-state index is 12.3. The number of methoxy groups -OCH3 is 2. The van der Waals surface area contributed by atoms with Crippen molar-refractivity contribution in [2.24, 2.45) is 0 Å². The minimum Gasteiger partial charge on any atom is -0.493 e. The van der Waals surface area contributed by atoms with Crippen molar-refractivity contribution in [2.45, 2.75) is 6.92 Å². The van der Waals surface area contributed by atoms with Crippen LogP contribution in [0.25, 0.3) is 0 Å². The van der Waals surface area contributed by atoms with Gasteiger partial charge in [-0.2, -0.15) is 0 Å². The van der Waals surface area contributed by atoms with Crippen LogP contribution in [0.1, 0.15) is 15.9 Å². The smallest absolute Gasteiger partial charge is 0.257 e. The molecular weight excluding hydrogens is 268 g/mol. The van der Waals surface area contributed by atoms with Crippen LogP contribution in [-0.2, 0) is 0 Å². The van der Waals surface area contributed by atoms with Crippen LogP contribution in [0.2, 0.25) is 0 Å². The average molecular weight is 286 g/mol. The van der Waals surface area contributed by atoms with Crippen molar-refractivity contribution in [3.8, 4) is 11.5 Å². The third kappa shape index (κ3) is 3.25. The van der Waals surface area contributed by atoms with Gasteiger partial charge in [-0.15, -0.1) is 0 Å². The Morgan fingerprint density at radius 3 is 2.38 bits per heavy atom. The summed E-state index contributed by atoms with van der Waals surface area (Å²) in [4.78, 5) is 12.3. The number of ether oxygens (including phenoxy) is 2. The molecule has 1 amide bonds. The molecule has 0 atom stereocenters. The predicted molar refractivity (Wildman–Crippen MR) is 83.1 cm³/mol. The van der Waals surface area contributed by atoms with E-state index in [1.807, 2.05) is 31.2 Å². The van der Waals surface area contributed by atoms with Gasteiger partial charge in [-0.05, 0) is 30.7 Å². The molecule has 0 spiro atoms. The van der Waals surface area contributed by atoms with Gasteiger partial charge in [-0.1, -0.05) is 12.1 Å². The van der Waals surface area contributed by atoms with E-state index in [1.165, 1.54) is 14.2 Å². The number of hydrogen-bond donors (Lipinski definition) is 2. The zero-order valence-electron chi connectivity index (χ0n) is 12.3. The molecule has 0 bridgehead atoms. The molecule has 0 unspecified atom stereocenters. The van der Waals surface area contributed by atoms with Crippen LogP contribution < -0.4 is 20.5 Å². The van der Waals surface area contributed by atoms with Crippen molar-refractivity contribution in [2.75, 3.05) is 25.3 Å². The Morgan fingerprint density at radius 1 is 1.10 bits per heavy atom. The highest BCUT2D eigenvalue weighted by Crippen LogP contribution is 2.32. The highest BCUT2D eigenvalue weighted by atomic mass is 16.5. The zero-order valence-corrected chi connectivity index (χ0v) is 12.3. The second kappa shape index (κ2) is 6.17. The van der Waals surface area contributed by atoms with Gasteiger partial charge in [0.15, 0.2) is 11.5 Å². The lowest BCUT2D eigenvalue weighted by Crippen LogP contribution is -2.14. The molecule has 5 heteroatoms. The molecule has 0 aliphatic rings. The molecule has 0 saturated carbocycles. The van der Waals surface area contributed by atoms with E-state index in [0.717, 1.165) is 5.56 Å². The first-order valence-electron chi connectivity index (χ1n) is 6.44. The molecule has 0 aromatic heterocycles. The molecule has 5 nitrogen and oxygen atoms in total. The first kappa shape index (κ1) is 14.7. The number of benzene rings is 2. The van der Waals surface area contributed by atoms with Gasteiger partial charge in [0.05, 0.1) is 19.8 Å². The summed E-state index contributed by atoms with van der Waals surface area (Å²) in [5.41, 5.74) is 8.36. The van der Waals surface area contributed by atoms with Crippen LogP contribution in [-0.4, -0.2) is 20.1 Å². The van der Waals surface area contributed by atoms with Crippen LogP contribution in [0.3, 0.4) is 0 Å². The summed E-state index contributed by atoms with van der Waals surface area (Å²) in [6, 6.07) is 10.7. The molecule has 0 aliphatic carbocycles. The summed E-state index contributed by atoms with van der Waals surface area (Å²) in [7, 11) is 3.03. The van der Waals surface area contributed by atoms with Crippen molar-refractivity contribution >= 4 is 17.3 Å². The van der Waals surface area contributed by atoms with Crippen LogP contribution in [0.4, 0.5) is 11.4 Å². The minimum absolute atomic E-state index is 0.293. The summed E-state index contributed by atoms with van der Waals surface area (Å²) >= 11 is 0. The van der Waals surface area contributed by atoms with E-state index in [-0.39, 0.29) is 5.91 Å². The number of aryl methyl sites for hydroxylation is 1. The van der Waals surface area contributed by atoms with Crippen LogP contribution >= 0.6 is 0 Å². The van der Waals surface area contributed by atoms with E-state index in [0.29, 0.717) is 28.4 Å². The summed E-state index contributed by atoms with van der Waals surface area (Å²) in [5.74, 6) is 0.655. The molecule has 2 aromatic carbocycles. The fraction of sp³-hybridized carbons (Fsp3) is 0.188. The Balaban J connectivity index is 2.31. The largest absolute Gasteiger partial charge is 0.493 e.